The van der Waals surface area contributed by atoms with Crippen LogP contribution in [0.4, 0.5) is 5.82 Å². The van der Waals surface area contributed by atoms with Gasteiger partial charge >= 0.3 is 23.9 Å². The number of hydrogen-bond acceptors (Lipinski definition) is 10. The van der Waals surface area contributed by atoms with Crippen LogP contribution in [0.3, 0.4) is 0 Å². The topological polar surface area (TPSA) is 169 Å². The van der Waals surface area contributed by atoms with Crippen molar-refractivity contribution in [2.45, 2.75) is 45.3 Å². The van der Waals surface area contributed by atoms with E-state index in [0.717, 1.165) is 24.7 Å². The van der Waals surface area contributed by atoms with E-state index in [9.17, 15) is 19.2 Å². The van der Waals surface area contributed by atoms with Crippen molar-refractivity contribution in [3.8, 4) is 0 Å². The molecule has 3 N–H and O–H groups in total. The number of carbonyl (C=O) groups excluding carboxylic acids is 3. The summed E-state index contributed by atoms with van der Waals surface area (Å²) >= 11 is 0. The number of ether oxygens (including phenoxy) is 4. The summed E-state index contributed by atoms with van der Waals surface area (Å²) in [5, 5.41) is 9.09. The van der Waals surface area contributed by atoms with Crippen molar-refractivity contribution in [2.75, 3.05) is 12.3 Å². The first-order valence-electron chi connectivity index (χ1n) is 7.80. The molecular formula is C15H19N3O9. The molecule has 1 aliphatic heterocycles. The molecule has 12 nitrogen and oxygen atoms in total. The van der Waals surface area contributed by atoms with Gasteiger partial charge in [-0.2, -0.15) is 0 Å². The van der Waals surface area contributed by atoms with Gasteiger partial charge in [-0.1, -0.05) is 0 Å². The van der Waals surface area contributed by atoms with Crippen molar-refractivity contribution in [2.24, 2.45) is 0 Å². The number of anilines is 1. The second-order valence-electron chi connectivity index (χ2n) is 5.71. The molecule has 1 aliphatic rings. The summed E-state index contributed by atoms with van der Waals surface area (Å²) in [6, 6.07) is 0. The molecule has 0 radical (unpaired) electrons. The minimum absolute atomic E-state index is 0.251. The van der Waals surface area contributed by atoms with Crippen LogP contribution in [-0.2, 0) is 33.3 Å². The zero-order chi connectivity index (χ0) is 20.3. The van der Waals surface area contributed by atoms with E-state index in [1.165, 1.54) is 6.92 Å². The number of carbonyl (C=O) groups is 4. The Kier molecular flexibility index (Phi) is 6.00. The molecule has 12 heteroatoms. The summed E-state index contributed by atoms with van der Waals surface area (Å²) in [5.41, 5.74) is 5.37. The number of aromatic carboxylic acids is 1. The number of nitrogens with two attached hydrogens (primary N) is 1. The molecule has 0 aliphatic carbocycles. The molecule has 1 aromatic heterocycles. The van der Waals surface area contributed by atoms with E-state index in [1.807, 2.05) is 0 Å². The Morgan fingerprint density at radius 2 is 1.74 bits per heavy atom. The van der Waals surface area contributed by atoms with Crippen LogP contribution in [0.15, 0.2) is 6.33 Å². The lowest BCUT2D eigenvalue weighted by Gasteiger charge is -2.24. The first-order chi connectivity index (χ1) is 12.6. The highest BCUT2D eigenvalue weighted by molar-refractivity contribution is 5.90. The van der Waals surface area contributed by atoms with Gasteiger partial charge in [-0.25, -0.2) is 9.78 Å². The van der Waals surface area contributed by atoms with Gasteiger partial charge in [0.15, 0.2) is 24.1 Å². The van der Waals surface area contributed by atoms with E-state index in [1.54, 1.807) is 0 Å². The lowest BCUT2D eigenvalue weighted by atomic mass is 10.1. The molecule has 4 atom stereocenters. The Hall–Kier alpha value is -3.15. The van der Waals surface area contributed by atoms with Gasteiger partial charge in [0.2, 0.25) is 0 Å². The fourth-order valence-corrected chi connectivity index (χ4v) is 2.65. The molecule has 27 heavy (non-hydrogen) atoms. The van der Waals surface area contributed by atoms with Crippen LogP contribution in [0.1, 0.15) is 37.5 Å². The number of carboxylic acid groups (broad SMARTS) is 1. The quantitative estimate of drug-likeness (QED) is 0.477. The number of rotatable bonds is 6. The maximum atomic E-state index is 11.5. The van der Waals surface area contributed by atoms with Crippen LogP contribution in [0.25, 0.3) is 0 Å². The fourth-order valence-electron chi connectivity index (χ4n) is 2.65. The van der Waals surface area contributed by atoms with Crippen LogP contribution in [0, 0.1) is 0 Å². The van der Waals surface area contributed by atoms with Gasteiger partial charge in [0.05, 0.1) is 6.33 Å². The van der Waals surface area contributed by atoms with Crippen molar-refractivity contribution < 1.29 is 43.2 Å². The molecular weight excluding hydrogens is 366 g/mol. The van der Waals surface area contributed by atoms with Gasteiger partial charge in [0.1, 0.15) is 18.5 Å². The molecule has 0 saturated carbocycles. The van der Waals surface area contributed by atoms with Crippen molar-refractivity contribution in [3.63, 3.8) is 0 Å². The van der Waals surface area contributed by atoms with Gasteiger partial charge in [-0.15, -0.1) is 0 Å². The number of imidazole rings is 1. The Bertz CT molecular complexity index is 760. The average molecular weight is 385 g/mol. The van der Waals surface area contributed by atoms with Gasteiger partial charge in [-0.05, 0) is 0 Å². The third kappa shape index (κ3) is 4.53. The van der Waals surface area contributed by atoms with Gasteiger partial charge < -0.3 is 29.8 Å². The highest BCUT2D eigenvalue weighted by Gasteiger charge is 2.51. The fraction of sp³-hybridized carbons (Fsp3) is 0.533. The first-order valence-corrected chi connectivity index (χ1v) is 7.80. The molecule has 0 spiro atoms. The third-order valence-corrected chi connectivity index (χ3v) is 3.65. The van der Waals surface area contributed by atoms with E-state index in [0.29, 0.717) is 0 Å². The molecule has 0 amide bonds. The van der Waals surface area contributed by atoms with Crippen molar-refractivity contribution in [3.05, 3.63) is 12.0 Å². The smallest absolute Gasteiger partial charge is 0.358 e. The van der Waals surface area contributed by atoms with Crippen molar-refractivity contribution in [1.82, 2.24) is 9.55 Å². The Labute approximate surface area is 153 Å². The van der Waals surface area contributed by atoms with Crippen LogP contribution in [0.5, 0.6) is 0 Å². The normalized spacial score (nSPS) is 24.3. The minimum Gasteiger partial charge on any atom is -0.476 e. The van der Waals surface area contributed by atoms with Crippen LogP contribution >= 0.6 is 0 Å². The molecule has 1 fully saturated rings. The highest BCUT2D eigenvalue weighted by atomic mass is 16.7. The maximum absolute atomic E-state index is 11.5. The number of esters is 3. The lowest BCUT2D eigenvalue weighted by molar-refractivity contribution is -0.166. The Morgan fingerprint density at radius 1 is 1.15 bits per heavy atom. The monoisotopic (exact) mass is 385 g/mol. The second kappa shape index (κ2) is 8.03. The van der Waals surface area contributed by atoms with Crippen LogP contribution in [-0.4, -0.2) is 63.5 Å². The molecule has 0 aromatic carbocycles. The van der Waals surface area contributed by atoms with Crippen molar-refractivity contribution >= 4 is 29.7 Å². The Balaban J connectivity index is 2.41. The molecule has 0 bridgehead atoms. The number of nitrogens with zero attached hydrogens (tertiary/aromatic N) is 2. The van der Waals surface area contributed by atoms with Crippen molar-refractivity contribution in [1.29, 1.82) is 0 Å². The van der Waals surface area contributed by atoms with Gasteiger partial charge in [0.25, 0.3) is 0 Å². The second-order valence-corrected chi connectivity index (χ2v) is 5.71. The lowest BCUT2D eigenvalue weighted by Crippen LogP contribution is -2.40. The molecule has 2 rings (SSSR count). The summed E-state index contributed by atoms with van der Waals surface area (Å²) in [7, 11) is 0. The first kappa shape index (κ1) is 20.2. The van der Waals surface area contributed by atoms with Crippen LogP contribution in [0.2, 0.25) is 0 Å². The van der Waals surface area contributed by atoms with E-state index in [2.05, 4.69) is 4.98 Å². The number of aromatic nitrogens is 2. The summed E-state index contributed by atoms with van der Waals surface area (Å²) in [6.45, 7) is 3.18. The zero-order valence-corrected chi connectivity index (χ0v) is 14.8. The molecule has 1 saturated heterocycles. The average Bonchev–Trinajstić information content (AvgIpc) is 3.06. The third-order valence-electron chi connectivity index (χ3n) is 3.65. The maximum Gasteiger partial charge on any atom is 0.358 e. The predicted octanol–water partition coefficient (Wildman–Crippen LogP) is -0.513. The van der Waals surface area contributed by atoms with E-state index in [4.69, 9.17) is 29.8 Å². The number of nitrogen functional groups attached to an aromatic ring is 1. The number of carboxylic acids is 1. The standard InChI is InChI=1S/C15H19N3O9/c1-6(19)24-4-9-11(25-7(2)20)12(26-8(3)21)14(27-9)18-5-17-10(13(18)16)15(22)23/h5,9,11-12,14H,4,16H2,1-3H3,(H,22,23)/t9-,11-,12-,14?/m1/s1. The van der Waals surface area contributed by atoms with E-state index < -0.39 is 54.1 Å². The molecule has 1 unspecified atom stereocenters. The van der Waals surface area contributed by atoms with Gasteiger partial charge in [0, 0.05) is 20.8 Å². The largest absolute Gasteiger partial charge is 0.476 e. The molecule has 1 aromatic rings. The summed E-state index contributed by atoms with van der Waals surface area (Å²) in [5.74, 6) is -3.58. The number of hydrogen-bond donors (Lipinski definition) is 2. The summed E-state index contributed by atoms with van der Waals surface area (Å²) in [4.78, 5) is 48.9. The minimum atomic E-state index is -1.36. The van der Waals surface area contributed by atoms with Crippen LogP contribution < -0.4 is 5.73 Å². The van der Waals surface area contributed by atoms with Gasteiger partial charge in [-0.3, -0.25) is 19.0 Å². The van der Waals surface area contributed by atoms with E-state index in [-0.39, 0.29) is 12.4 Å². The molecule has 2 heterocycles. The SMILES string of the molecule is CC(=O)OC[C@H]1OC(n2cnc(C(=O)O)c2N)[C@H](OC(C)=O)[C@@H]1OC(C)=O. The zero-order valence-electron chi connectivity index (χ0n) is 14.8. The summed E-state index contributed by atoms with van der Waals surface area (Å²) in [6.07, 6.45) is -3.34. The predicted molar refractivity (Wildman–Crippen MR) is 85.2 cm³/mol. The Morgan fingerprint density at radius 3 is 2.22 bits per heavy atom. The summed E-state index contributed by atoms with van der Waals surface area (Å²) < 4.78 is 22.2. The highest BCUT2D eigenvalue weighted by Crippen LogP contribution is 2.36. The molecule has 148 valence electrons. The van der Waals surface area contributed by atoms with E-state index >= 15 is 0 Å².